The predicted octanol–water partition coefficient (Wildman–Crippen LogP) is 5.21. The highest BCUT2D eigenvalue weighted by Gasteiger charge is 2.32. The van der Waals surface area contributed by atoms with Crippen molar-refractivity contribution in [2.24, 2.45) is 16.7 Å². The first-order chi connectivity index (χ1) is 9.40. The Morgan fingerprint density at radius 1 is 1.15 bits per heavy atom. The van der Waals surface area contributed by atoms with Gasteiger partial charge >= 0.3 is 0 Å². The van der Waals surface area contributed by atoms with Crippen LogP contribution in [0, 0.1) is 23.7 Å². The number of Topliss-reactive ketones (excluding diaryl/α,β-unsaturated/α-hetero) is 1. The van der Waals surface area contributed by atoms with Gasteiger partial charge in [-0.1, -0.05) is 71.3 Å². The van der Waals surface area contributed by atoms with E-state index in [-0.39, 0.29) is 16.7 Å². The normalized spacial score (nSPS) is 14.8. The third kappa shape index (κ3) is 5.48. The molecule has 1 atom stereocenters. The first-order valence-corrected chi connectivity index (χ1v) is 7.50. The van der Waals surface area contributed by atoms with Crippen LogP contribution in [0.5, 0.6) is 0 Å². The lowest BCUT2D eigenvalue weighted by molar-refractivity contribution is -0.131. The summed E-state index contributed by atoms with van der Waals surface area (Å²) in [5.41, 5.74) is 1.88. The van der Waals surface area contributed by atoms with E-state index in [4.69, 9.17) is 1.37 Å². The Bertz CT molecular complexity index is 503. The zero-order valence-corrected chi connectivity index (χ0v) is 14.1. The SMILES string of the molecule is [2H]c1cc(C[C@H](CC(C)(C)C)C(=O)C(C)(C)C)ccc1C. The summed E-state index contributed by atoms with van der Waals surface area (Å²) in [6.45, 7) is 14.5. The average molecular weight is 275 g/mol. The number of aryl methyl sites for hydroxylation is 1. The van der Waals surface area contributed by atoms with Crippen LogP contribution in [0.2, 0.25) is 0 Å². The second-order valence-corrected chi connectivity index (χ2v) is 8.16. The van der Waals surface area contributed by atoms with Crippen LogP contribution in [0.25, 0.3) is 0 Å². The number of rotatable bonds is 4. The standard InChI is InChI=1S/C19H30O/c1-14-8-10-15(11-9-14)12-16(13-18(2,3)4)17(20)19(5,6)7/h8-11,16H,12-13H2,1-7H3/t16-/m1/s1/i8D. The monoisotopic (exact) mass is 275 g/mol. The number of benzene rings is 1. The summed E-state index contributed by atoms with van der Waals surface area (Å²) < 4.78 is 7.93. The van der Waals surface area contributed by atoms with Crippen LogP contribution in [0.15, 0.2) is 24.2 Å². The van der Waals surface area contributed by atoms with E-state index in [0.29, 0.717) is 11.8 Å². The molecule has 0 aliphatic rings. The van der Waals surface area contributed by atoms with Gasteiger partial charge in [0, 0.05) is 11.3 Å². The van der Waals surface area contributed by atoms with Gasteiger partial charge in [-0.05, 0) is 30.7 Å². The lowest BCUT2D eigenvalue weighted by Gasteiger charge is -2.30. The van der Waals surface area contributed by atoms with Crippen molar-refractivity contribution in [1.82, 2.24) is 0 Å². The highest BCUT2D eigenvalue weighted by atomic mass is 16.1. The molecule has 0 saturated heterocycles. The number of carbonyl (C=O) groups excluding carboxylic acids is 1. The molecule has 1 rings (SSSR count). The van der Waals surface area contributed by atoms with E-state index in [9.17, 15) is 4.79 Å². The lowest BCUT2D eigenvalue weighted by atomic mass is 9.73. The van der Waals surface area contributed by atoms with Gasteiger partial charge in [0.2, 0.25) is 0 Å². The summed E-state index contributed by atoms with van der Waals surface area (Å²) in [7, 11) is 0. The largest absolute Gasteiger partial charge is 0.299 e. The van der Waals surface area contributed by atoms with E-state index >= 15 is 0 Å². The molecule has 0 bridgehead atoms. The summed E-state index contributed by atoms with van der Waals surface area (Å²) in [5, 5.41) is 0. The van der Waals surface area contributed by atoms with E-state index in [2.05, 4.69) is 26.8 Å². The minimum atomic E-state index is -0.315. The Morgan fingerprint density at radius 3 is 2.20 bits per heavy atom. The molecule has 0 aromatic heterocycles. The maximum Gasteiger partial charge on any atom is 0.141 e. The maximum absolute atomic E-state index is 12.8. The van der Waals surface area contributed by atoms with Gasteiger partial charge in [0.05, 0.1) is 1.37 Å². The van der Waals surface area contributed by atoms with Gasteiger partial charge in [-0.15, -0.1) is 0 Å². The minimum absolute atomic E-state index is 0.0205. The van der Waals surface area contributed by atoms with Crippen molar-refractivity contribution in [3.05, 3.63) is 35.4 Å². The zero-order valence-electron chi connectivity index (χ0n) is 15.1. The molecule has 0 spiro atoms. The molecule has 1 nitrogen and oxygen atoms in total. The third-order valence-corrected chi connectivity index (χ3v) is 3.48. The van der Waals surface area contributed by atoms with Crippen molar-refractivity contribution in [2.45, 2.75) is 61.3 Å². The first kappa shape index (κ1) is 15.3. The van der Waals surface area contributed by atoms with Gasteiger partial charge in [0.1, 0.15) is 5.78 Å². The van der Waals surface area contributed by atoms with E-state index in [1.165, 1.54) is 0 Å². The highest BCUT2D eigenvalue weighted by molar-refractivity contribution is 5.86. The van der Waals surface area contributed by atoms with Crippen LogP contribution in [0.4, 0.5) is 0 Å². The Morgan fingerprint density at radius 2 is 1.75 bits per heavy atom. The Hall–Kier alpha value is -1.11. The average Bonchev–Trinajstić information content (AvgIpc) is 2.29. The van der Waals surface area contributed by atoms with Crippen molar-refractivity contribution >= 4 is 5.78 Å². The molecule has 1 aromatic rings. The Balaban J connectivity index is 3.01. The quantitative estimate of drug-likeness (QED) is 0.737. The minimum Gasteiger partial charge on any atom is -0.299 e. The number of carbonyl (C=O) groups is 1. The van der Waals surface area contributed by atoms with Gasteiger partial charge in [0.25, 0.3) is 0 Å². The molecule has 0 amide bonds. The van der Waals surface area contributed by atoms with Gasteiger partial charge < -0.3 is 0 Å². The van der Waals surface area contributed by atoms with Crippen molar-refractivity contribution in [2.75, 3.05) is 0 Å². The molecule has 0 aliphatic heterocycles. The topological polar surface area (TPSA) is 17.1 Å². The second kappa shape index (κ2) is 6.11. The van der Waals surface area contributed by atoms with Crippen molar-refractivity contribution < 1.29 is 6.17 Å². The third-order valence-electron chi connectivity index (χ3n) is 3.48. The summed E-state index contributed by atoms with van der Waals surface area (Å²) in [4.78, 5) is 12.8. The lowest BCUT2D eigenvalue weighted by Crippen LogP contribution is -2.32. The fourth-order valence-corrected chi connectivity index (χ4v) is 2.56. The summed E-state index contributed by atoms with van der Waals surface area (Å²) in [5.74, 6) is 0.344. The van der Waals surface area contributed by atoms with Gasteiger partial charge in [-0.25, -0.2) is 0 Å². The first-order valence-electron chi connectivity index (χ1n) is 8.00. The molecule has 0 N–H and O–H groups in total. The van der Waals surface area contributed by atoms with Crippen LogP contribution in [-0.4, -0.2) is 5.78 Å². The molecule has 1 heteroatoms. The van der Waals surface area contributed by atoms with Crippen LogP contribution in [0.1, 0.15) is 60.5 Å². The van der Waals surface area contributed by atoms with Gasteiger partial charge in [0.15, 0.2) is 0 Å². The second-order valence-electron chi connectivity index (χ2n) is 8.16. The molecule has 0 saturated carbocycles. The van der Waals surface area contributed by atoms with E-state index in [1.807, 2.05) is 39.8 Å². The predicted molar refractivity (Wildman–Crippen MR) is 86.9 cm³/mol. The molecule has 1 aromatic carbocycles. The molecular weight excluding hydrogens is 244 g/mol. The summed E-state index contributed by atoms with van der Waals surface area (Å²) in [6.07, 6.45) is 1.61. The number of hydrogen-bond donors (Lipinski definition) is 0. The van der Waals surface area contributed by atoms with Gasteiger partial charge in [-0.2, -0.15) is 0 Å². The van der Waals surface area contributed by atoms with E-state index in [1.54, 1.807) is 0 Å². The van der Waals surface area contributed by atoms with Crippen LogP contribution >= 0.6 is 0 Å². The van der Waals surface area contributed by atoms with E-state index < -0.39 is 0 Å². The van der Waals surface area contributed by atoms with Crippen LogP contribution in [0.3, 0.4) is 0 Å². The zero-order chi connectivity index (χ0) is 16.4. The molecule has 0 aliphatic carbocycles. The van der Waals surface area contributed by atoms with Gasteiger partial charge in [-0.3, -0.25) is 4.79 Å². The molecule has 0 heterocycles. The number of ketones is 1. The highest BCUT2D eigenvalue weighted by Crippen LogP contribution is 2.32. The Labute approximate surface area is 126 Å². The van der Waals surface area contributed by atoms with Crippen molar-refractivity contribution in [1.29, 1.82) is 0 Å². The molecule has 112 valence electrons. The summed E-state index contributed by atoms with van der Waals surface area (Å²) >= 11 is 0. The number of hydrogen-bond acceptors (Lipinski definition) is 1. The molecular formula is C19H30O. The fourth-order valence-electron chi connectivity index (χ4n) is 2.56. The molecule has 0 radical (unpaired) electrons. The van der Waals surface area contributed by atoms with E-state index in [0.717, 1.165) is 24.0 Å². The van der Waals surface area contributed by atoms with Crippen molar-refractivity contribution in [3.63, 3.8) is 0 Å². The molecule has 0 unspecified atom stereocenters. The smallest absolute Gasteiger partial charge is 0.141 e. The molecule has 20 heavy (non-hydrogen) atoms. The van der Waals surface area contributed by atoms with Crippen LogP contribution in [-0.2, 0) is 11.2 Å². The van der Waals surface area contributed by atoms with Crippen LogP contribution < -0.4 is 0 Å². The fraction of sp³-hybridized carbons (Fsp3) is 0.632. The molecule has 0 fully saturated rings. The maximum atomic E-state index is 12.8. The Kier molecular flexibility index (Phi) is 4.67. The van der Waals surface area contributed by atoms with Crippen molar-refractivity contribution in [3.8, 4) is 0 Å². The summed E-state index contributed by atoms with van der Waals surface area (Å²) in [6, 6.07) is 6.50.